The van der Waals surface area contributed by atoms with Gasteiger partial charge in [-0.15, -0.1) is 0 Å². The Morgan fingerprint density at radius 1 is 1.35 bits per heavy atom. The van der Waals surface area contributed by atoms with E-state index in [4.69, 9.17) is 4.74 Å². The first kappa shape index (κ1) is 15.5. The number of alkyl halides is 3. The molecule has 1 aliphatic carbocycles. The quantitative estimate of drug-likeness (QED) is 0.776. The van der Waals surface area contributed by atoms with Crippen molar-refractivity contribution in [2.75, 3.05) is 18.6 Å². The maximum atomic E-state index is 13.0. The molecule has 112 valence electrons. The highest BCUT2D eigenvalue weighted by molar-refractivity contribution is 7.98. The molecule has 0 radical (unpaired) electrons. The summed E-state index contributed by atoms with van der Waals surface area (Å²) >= 11 is 1.54. The first-order chi connectivity index (χ1) is 9.50. The lowest BCUT2D eigenvalue weighted by atomic mass is 10.1. The van der Waals surface area contributed by atoms with Crippen molar-refractivity contribution in [3.63, 3.8) is 0 Å². The van der Waals surface area contributed by atoms with Gasteiger partial charge in [0.05, 0.1) is 12.2 Å². The number of benzene rings is 1. The molecular weight excluding hydrogens is 287 g/mol. The summed E-state index contributed by atoms with van der Waals surface area (Å²) in [6, 6.07) is 4.78. The zero-order valence-electron chi connectivity index (χ0n) is 11.3. The molecular formula is C14H18F3NOS. The first-order valence-corrected chi connectivity index (χ1v) is 7.95. The van der Waals surface area contributed by atoms with Crippen LogP contribution in [0.2, 0.25) is 0 Å². The van der Waals surface area contributed by atoms with Crippen LogP contribution in [0.25, 0.3) is 0 Å². The fourth-order valence-electron chi connectivity index (χ4n) is 1.82. The molecule has 0 unspecified atom stereocenters. The summed E-state index contributed by atoms with van der Waals surface area (Å²) in [5, 5.41) is 3.21. The van der Waals surface area contributed by atoms with Gasteiger partial charge in [0.25, 0.3) is 0 Å². The van der Waals surface area contributed by atoms with Crippen LogP contribution < -0.4 is 10.1 Å². The van der Waals surface area contributed by atoms with Gasteiger partial charge < -0.3 is 10.1 Å². The number of halogens is 3. The fourth-order valence-corrected chi connectivity index (χ4v) is 2.07. The molecule has 0 aromatic heterocycles. The van der Waals surface area contributed by atoms with Crippen LogP contribution in [0.15, 0.2) is 18.2 Å². The summed E-state index contributed by atoms with van der Waals surface area (Å²) in [5.74, 6) is 0.587. The van der Waals surface area contributed by atoms with E-state index in [1.54, 1.807) is 6.07 Å². The van der Waals surface area contributed by atoms with Gasteiger partial charge in [0.2, 0.25) is 0 Å². The van der Waals surface area contributed by atoms with Crippen molar-refractivity contribution in [2.45, 2.75) is 31.6 Å². The van der Waals surface area contributed by atoms with Crippen LogP contribution in [0.1, 0.15) is 24.0 Å². The minimum atomic E-state index is -4.38. The number of thioether (sulfide) groups is 1. The van der Waals surface area contributed by atoms with E-state index in [9.17, 15) is 13.2 Å². The van der Waals surface area contributed by atoms with Crippen molar-refractivity contribution in [3.05, 3.63) is 29.3 Å². The highest BCUT2D eigenvalue weighted by atomic mass is 32.2. The Balaban J connectivity index is 2.09. The highest BCUT2D eigenvalue weighted by Crippen LogP contribution is 2.37. The van der Waals surface area contributed by atoms with Gasteiger partial charge in [-0.3, -0.25) is 0 Å². The summed E-state index contributed by atoms with van der Waals surface area (Å²) in [6.45, 7) is 0.753. The molecule has 0 heterocycles. The average molecular weight is 305 g/mol. The van der Waals surface area contributed by atoms with E-state index in [0.29, 0.717) is 23.9 Å². The van der Waals surface area contributed by atoms with Gasteiger partial charge in [0, 0.05) is 18.3 Å². The van der Waals surface area contributed by atoms with Crippen LogP contribution in [0.3, 0.4) is 0 Å². The molecule has 0 aliphatic heterocycles. The van der Waals surface area contributed by atoms with Crippen LogP contribution in [-0.4, -0.2) is 24.7 Å². The molecule has 0 amide bonds. The van der Waals surface area contributed by atoms with Crippen molar-refractivity contribution in [1.29, 1.82) is 0 Å². The molecule has 0 bridgehead atoms. The lowest BCUT2D eigenvalue weighted by molar-refractivity contribution is -0.138. The monoisotopic (exact) mass is 305 g/mol. The molecule has 6 heteroatoms. The molecule has 20 heavy (non-hydrogen) atoms. The maximum absolute atomic E-state index is 13.0. The Kier molecular flexibility index (Phi) is 5.21. The maximum Gasteiger partial charge on any atom is 0.419 e. The molecule has 0 atom stereocenters. The Morgan fingerprint density at radius 2 is 2.10 bits per heavy atom. The second-order valence-corrected chi connectivity index (χ2v) is 5.81. The number of ether oxygens (including phenoxy) is 1. The summed E-state index contributed by atoms with van der Waals surface area (Å²) in [5.41, 5.74) is -0.0462. The summed E-state index contributed by atoms with van der Waals surface area (Å²) < 4.78 is 44.4. The van der Waals surface area contributed by atoms with Crippen LogP contribution in [0.5, 0.6) is 5.75 Å². The summed E-state index contributed by atoms with van der Waals surface area (Å²) in [7, 11) is 0. The van der Waals surface area contributed by atoms with Gasteiger partial charge in [-0.2, -0.15) is 24.9 Å². The summed E-state index contributed by atoms with van der Waals surface area (Å²) in [6.07, 6.45) is -0.269. The number of nitrogens with one attached hydrogen (secondary N) is 1. The smallest absolute Gasteiger partial charge is 0.419 e. The van der Waals surface area contributed by atoms with Crippen LogP contribution in [0, 0.1) is 0 Å². The third-order valence-corrected chi connectivity index (χ3v) is 3.64. The molecule has 2 rings (SSSR count). The Morgan fingerprint density at radius 3 is 2.70 bits per heavy atom. The Hall–Kier alpha value is -0.880. The van der Waals surface area contributed by atoms with E-state index in [-0.39, 0.29) is 12.4 Å². The summed E-state index contributed by atoms with van der Waals surface area (Å²) in [4.78, 5) is 0. The third-order valence-electron chi connectivity index (χ3n) is 3.07. The largest absolute Gasteiger partial charge is 0.492 e. The normalized spacial score (nSPS) is 15.4. The van der Waals surface area contributed by atoms with E-state index >= 15 is 0 Å². The SMILES string of the molecule is CSCCOc1ccc(CNC2CC2)cc1C(F)(F)F. The minimum Gasteiger partial charge on any atom is -0.492 e. The molecule has 1 aliphatic rings. The van der Waals surface area contributed by atoms with Crippen molar-refractivity contribution >= 4 is 11.8 Å². The van der Waals surface area contributed by atoms with Crippen molar-refractivity contribution < 1.29 is 17.9 Å². The molecule has 2 nitrogen and oxygen atoms in total. The van der Waals surface area contributed by atoms with E-state index in [2.05, 4.69) is 5.32 Å². The van der Waals surface area contributed by atoms with Crippen LogP contribution in [-0.2, 0) is 12.7 Å². The molecule has 0 spiro atoms. The van der Waals surface area contributed by atoms with Gasteiger partial charge in [-0.25, -0.2) is 0 Å². The lowest BCUT2D eigenvalue weighted by Gasteiger charge is -2.15. The van der Waals surface area contributed by atoms with E-state index in [1.807, 2.05) is 6.26 Å². The predicted molar refractivity (Wildman–Crippen MR) is 75.2 cm³/mol. The standard InChI is InChI=1S/C14H18F3NOS/c1-20-7-6-19-13-5-2-10(9-18-11-3-4-11)8-12(13)14(15,16)17/h2,5,8,11,18H,3-4,6-7,9H2,1H3. The third kappa shape index (κ3) is 4.59. The molecule has 1 aromatic rings. The van der Waals surface area contributed by atoms with Crippen molar-refractivity contribution in [3.8, 4) is 5.75 Å². The van der Waals surface area contributed by atoms with Crippen LogP contribution in [0.4, 0.5) is 13.2 Å². The molecule has 1 fully saturated rings. The Labute approximate surface area is 121 Å². The van der Waals surface area contributed by atoms with E-state index in [0.717, 1.165) is 12.8 Å². The van der Waals surface area contributed by atoms with Gasteiger partial charge in [-0.1, -0.05) is 6.07 Å². The van der Waals surface area contributed by atoms with E-state index in [1.165, 1.54) is 23.9 Å². The zero-order valence-corrected chi connectivity index (χ0v) is 12.1. The second kappa shape index (κ2) is 6.72. The lowest BCUT2D eigenvalue weighted by Crippen LogP contribution is -2.16. The molecule has 0 saturated heterocycles. The first-order valence-electron chi connectivity index (χ1n) is 6.56. The van der Waals surface area contributed by atoms with Gasteiger partial charge in [0.1, 0.15) is 5.75 Å². The van der Waals surface area contributed by atoms with Crippen molar-refractivity contribution in [1.82, 2.24) is 5.32 Å². The predicted octanol–water partition coefficient (Wildman–Crippen LogP) is 3.70. The van der Waals surface area contributed by atoms with E-state index < -0.39 is 11.7 Å². The number of hydrogen-bond donors (Lipinski definition) is 1. The average Bonchev–Trinajstić information content (AvgIpc) is 3.20. The second-order valence-electron chi connectivity index (χ2n) is 4.82. The van der Waals surface area contributed by atoms with Gasteiger partial charge in [-0.05, 0) is 36.8 Å². The minimum absolute atomic E-state index is 0.0817. The molecule has 1 N–H and O–H groups in total. The van der Waals surface area contributed by atoms with Gasteiger partial charge in [0.15, 0.2) is 0 Å². The topological polar surface area (TPSA) is 21.3 Å². The fraction of sp³-hybridized carbons (Fsp3) is 0.571. The Bertz CT molecular complexity index is 447. The number of rotatable bonds is 7. The highest BCUT2D eigenvalue weighted by Gasteiger charge is 2.34. The van der Waals surface area contributed by atoms with Crippen LogP contribution >= 0.6 is 11.8 Å². The number of hydrogen-bond acceptors (Lipinski definition) is 3. The zero-order chi connectivity index (χ0) is 14.6. The van der Waals surface area contributed by atoms with Gasteiger partial charge >= 0.3 is 6.18 Å². The molecule has 1 aromatic carbocycles. The van der Waals surface area contributed by atoms with Crippen molar-refractivity contribution in [2.24, 2.45) is 0 Å². The molecule has 1 saturated carbocycles.